The lowest BCUT2D eigenvalue weighted by atomic mass is 9.94. The summed E-state index contributed by atoms with van der Waals surface area (Å²) in [5.74, 6) is -6.88. The van der Waals surface area contributed by atoms with Crippen molar-refractivity contribution in [3.05, 3.63) is 41.0 Å². The summed E-state index contributed by atoms with van der Waals surface area (Å²) in [5.41, 5.74) is -0.347. The van der Waals surface area contributed by atoms with Crippen LogP contribution in [0.15, 0.2) is 12.1 Å². The van der Waals surface area contributed by atoms with Gasteiger partial charge in [-0.25, -0.2) is 8.78 Å². The molecule has 2 aromatic rings. The summed E-state index contributed by atoms with van der Waals surface area (Å²) in [5, 5.41) is 0. The van der Waals surface area contributed by atoms with E-state index in [1.54, 1.807) is 0 Å². The Morgan fingerprint density at radius 3 is 1.89 bits per heavy atom. The van der Waals surface area contributed by atoms with Gasteiger partial charge in [-0.15, -0.1) is 0 Å². The Balaban J connectivity index is 2.73. The zero-order valence-corrected chi connectivity index (χ0v) is 16.6. The Bertz CT molecular complexity index is 821. The Morgan fingerprint density at radius 1 is 0.857 bits per heavy atom. The fourth-order valence-corrected chi connectivity index (χ4v) is 2.86. The van der Waals surface area contributed by atoms with Gasteiger partial charge in [0.25, 0.3) is 0 Å². The Hall–Kier alpha value is -2.44. The quantitative estimate of drug-likeness (QED) is 0.299. The first kappa shape index (κ1) is 21.9. The maximum absolute atomic E-state index is 14.8. The summed E-state index contributed by atoms with van der Waals surface area (Å²) < 4.78 is 73.9. The van der Waals surface area contributed by atoms with E-state index in [4.69, 9.17) is 14.2 Å². The lowest BCUT2D eigenvalue weighted by molar-refractivity contribution is 0.267. The number of methoxy groups -OCH3 is 2. The van der Waals surface area contributed by atoms with Crippen molar-refractivity contribution in [2.75, 3.05) is 20.8 Å². The summed E-state index contributed by atoms with van der Waals surface area (Å²) >= 11 is 0. The summed E-state index contributed by atoms with van der Waals surface area (Å²) in [7, 11) is 2.74. The molecule has 0 saturated carbocycles. The van der Waals surface area contributed by atoms with Crippen LogP contribution in [0.2, 0.25) is 0 Å². The number of hydrogen-bond acceptors (Lipinski definition) is 3. The van der Waals surface area contributed by atoms with E-state index in [0.29, 0.717) is 24.2 Å². The third-order valence-corrected chi connectivity index (χ3v) is 4.41. The molecule has 0 unspecified atom stereocenters. The number of ether oxygens (including phenoxy) is 3. The van der Waals surface area contributed by atoms with Crippen molar-refractivity contribution in [3.8, 4) is 28.4 Å². The maximum atomic E-state index is 14.8. The van der Waals surface area contributed by atoms with Crippen LogP contribution in [-0.2, 0) is 0 Å². The molecule has 0 aliphatic heterocycles. The van der Waals surface area contributed by atoms with Gasteiger partial charge in [-0.3, -0.25) is 0 Å². The van der Waals surface area contributed by atoms with Crippen LogP contribution in [0.25, 0.3) is 11.1 Å². The molecule has 0 N–H and O–H groups in total. The van der Waals surface area contributed by atoms with Gasteiger partial charge in [-0.2, -0.15) is 8.78 Å². The van der Waals surface area contributed by atoms with E-state index < -0.39 is 34.6 Å². The molecule has 0 spiro atoms. The van der Waals surface area contributed by atoms with Crippen molar-refractivity contribution >= 4 is 0 Å². The van der Waals surface area contributed by atoms with Crippen molar-refractivity contribution in [2.24, 2.45) is 0 Å². The minimum atomic E-state index is -1.58. The van der Waals surface area contributed by atoms with Crippen LogP contribution in [0.1, 0.15) is 45.1 Å². The standard InChI is InChI=1S/C21H24F4O3/c1-6-7-8-28-21-19(24)17(22)16(18(23)20(21)25)13-9-12(11(2)3)14(26-4)10-15(13)27-5/h9-11H,6-8H2,1-5H3. The highest BCUT2D eigenvalue weighted by atomic mass is 19.2. The van der Waals surface area contributed by atoms with Crippen molar-refractivity contribution in [1.29, 1.82) is 0 Å². The molecule has 0 aliphatic rings. The van der Waals surface area contributed by atoms with Crippen LogP contribution in [0.3, 0.4) is 0 Å². The minimum Gasteiger partial charge on any atom is -0.496 e. The van der Waals surface area contributed by atoms with E-state index in [1.165, 1.54) is 26.4 Å². The fraction of sp³-hybridized carbons (Fsp3) is 0.429. The summed E-state index contributed by atoms with van der Waals surface area (Å²) in [6, 6.07) is 2.85. The van der Waals surface area contributed by atoms with Crippen molar-refractivity contribution < 1.29 is 31.8 Å². The highest BCUT2D eigenvalue weighted by Crippen LogP contribution is 2.43. The van der Waals surface area contributed by atoms with Crippen LogP contribution in [-0.4, -0.2) is 20.8 Å². The maximum Gasteiger partial charge on any atom is 0.204 e. The average Bonchev–Trinajstić information content (AvgIpc) is 2.68. The molecule has 0 heterocycles. The molecule has 0 atom stereocenters. The monoisotopic (exact) mass is 400 g/mol. The second-order valence-electron chi connectivity index (χ2n) is 6.61. The van der Waals surface area contributed by atoms with Gasteiger partial charge in [-0.1, -0.05) is 27.2 Å². The van der Waals surface area contributed by atoms with Crippen molar-refractivity contribution in [3.63, 3.8) is 0 Å². The number of unbranched alkanes of at least 4 members (excludes halogenated alkanes) is 1. The largest absolute Gasteiger partial charge is 0.496 e. The lowest BCUT2D eigenvalue weighted by Crippen LogP contribution is -2.08. The normalized spacial score (nSPS) is 11.1. The first-order valence-electron chi connectivity index (χ1n) is 9.03. The number of benzene rings is 2. The highest BCUT2D eigenvalue weighted by molar-refractivity contribution is 5.75. The molecule has 0 aromatic heterocycles. The van der Waals surface area contributed by atoms with Crippen LogP contribution < -0.4 is 14.2 Å². The van der Waals surface area contributed by atoms with Gasteiger partial charge in [-0.05, 0) is 24.0 Å². The molecule has 0 radical (unpaired) electrons. The van der Waals surface area contributed by atoms with Crippen LogP contribution in [0.5, 0.6) is 17.2 Å². The molecule has 0 fully saturated rings. The van der Waals surface area contributed by atoms with Gasteiger partial charge >= 0.3 is 0 Å². The number of halogens is 4. The van der Waals surface area contributed by atoms with E-state index in [2.05, 4.69) is 0 Å². The third kappa shape index (κ3) is 4.03. The molecule has 7 heteroatoms. The predicted octanol–water partition coefficient (Wildman–Crippen LogP) is 6.23. The summed E-state index contributed by atoms with van der Waals surface area (Å²) in [6.45, 7) is 5.51. The van der Waals surface area contributed by atoms with Gasteiger partial charge in [0.05, 0.1) is 26.4 Å². The molecule has 28 heavy (non-hydrogen) atoms. The predicted molar refractivity (Wildman–Crippen MR) is 99.3 cm³/mol. The minimum absolute atomic E-state index is 0.0255. The molecule has 0 aliphatic carbocycles. The van der Waals surface area contributed by atoms with Gasteiger partial charge in [0, 0.05) is 11.6 Å². The second kappa shape index (κ2) is 9.17. The highest BCUT2D eigenvalue weighted by Gasteiger charge is 2.30. The molecule has 0 bridgehead atoms. The second-order valence-corrected chi connectivity index (χ2v) is 6.61. The van der Waals surface area contributed by atoms with E-state index in [9.17, 15) is 17.6 Å². The average molecular weight is 400 g/mol. The number of hydrogen-bond donors (Lipinski definition) is 0. The summed E-state index contributed by atoms with van der Waals surface area (Å²) in [6.07, 6.45) is 1.20. The zero-order valence-electron chi connectivity index (χ0n) is 16.6. The third-order valence-electron chi connectivity index (χ3n) is 4.41. The summed E-state index contributed by atoms with van der Waals surface area (Å²) in [4.78, 5) is 0. The fourth-order valence-electron chi connectivity index (χ4n) is 2.86. The lowest BCUT2D eigenvalue weighted by Gasteiger charge is -2.19. The van der Waals surface area contributed by atoms with E-state index in [1.807, 2.05) is 20.8 Å². The first-order valence-corrected chi connectivity index (χ1v) is 9.03. The van der Waals surface area contributed by atoms with Crippen LogP contribution in [0.4, 0.5) is 17.6 Å². The zero-order chi connectivity index (χ0) is 21.0. The number of rotatable bonds is 8. The molecule has 0 saturated heterocycles. The van der Waals surface area contributed by atoms with Gasteiger partial charge < -0.3 is 14.2 Å². The van der Waals surface area contributed by atoms with E-state index in [0.717, 1.165) is 0 Å². The van der Waals surface area contributed by atoms with Crippen molar-refractivity contribution in [2.45, 2.75) is 39.5 Å². The van der Waals surface area contributed by atoms with E-state index in [-0.39, 0.29) is 23.8 Å². The van der Waals surface area contributed by atoms with Gasteiger partial charge in [0.1, 0.15) is 11.5 Å². The molecule has 154 valence electrons. The molecule has 2 rings (SSSR count). The van der Waals surface area contributed by atoms with Crippen LogP contribution in [0, 0.1) is 23.3 Å². The van der Waals surface area contributed by atoms with Crippen molar-refractivity contribution in [1.82, 2.24) is 0 Å². The van der Waals surface area contributed by atoms with Gasteiger partial charge in [0.2, 0.25) is 11.6 Å². The van der Waals surface area contributed by atoms with E-state index >= 15 is 0 Å². The Kier molecular flexibility index (Phi) is 7.16. The molecule has 3 nitrogen and oxygen atoms in total. The molecular weight excluding hydrogens is 376 g/mol. The molecule has 0 amide bonds. The van der Waals surface area contributed by atoms with Crippen LogP contribution >= 0.6 is 0 Å². The first-order chi connectivity index (χ1) is 13.3. The smallest absolute Gasteiger partial charge is 0.204 e. The SMILES string of the molecule is CCCCOc1c(F)c(F)c(-c2cc(C(C)C)c(OC)cc2OC)c(F)c1F. The Labute approximate surface area is 162 Å². The topological polar surface area (TPSA) is 27.7 Å². The van der Waals surface area contributed by atoms with Gasteiger partial charge in [0.15, 0.2) is 17.4 Å². The Morgan fingerprint density at radius 2 is 1.43 bits per heavy atom. The molecule has 2 aromatic carbocycles. The molecular formula is C21H24F4O3.